The van der Waals surface area contributed by atoms with Crippen LogP contribution in [0.1, 0.15) is 26.7 Å². The third-order valence-corrected chi connectivity index (χ3v) is 3.11. The van der Waals surface area contributed by atoms with Gasteiger partial charge in [-0.25, -0.2) is 0 Å². The number of hydrogen-bond acceptors (Lipinski definition) is 4. The van der Waals surface area contributed by atoms with E-state index >= 15 is 0 Å². The zero-order valence-corrected chi connectivity index (χ0v) is 12.5. The average molecular weight is 305 g/mol. The van der Waals surface area contributed by atoms with Crippen LogP contribution in [0.4, 0.5) is 5.69 Å². The van der Waals surface area contributed by atoms with Gasteiger partial charge in [-0.15, -0.1) is 0 Å². The quantitative estimate of drug-likeness (QED) is 0.682. The van der Waals surface area contributed by atoms with Crippen molar-refractivity contribution in [1.82, 2.24) is 10.9 Å². The van der Waals surface area contributed by atoms with Gasteiger partial charge in [0.15, 0.2) is 0 Å². The van der Waals surface area contributed by atoms with Crippen LogP contribution in [0.2, 0.25) is 0 Å². The maximum absolute atomic E-state index is 11.8. The van der Waals surface area contributed by atoms with Crippen LogP contribution in [0, 0.1) is 5.92 Å². The van der Waals surface area contributed by atoms with Gasteiger partial charge >= 0.3 is 0 Å². The highest BCUT2D eigenvalue weighted by Gasteiger charge is 2.32. The first-order valence-electron chi connectivity index (χ1n) is 7.12. The van der Waals surface area contributed by atoms with Crippen molar-refractivity contribution in [2.75, 3.05) is 5.32 Å². The van der Waals surface area contributed by atoms with E-state index in [1.807, 2.05) is 13.8 Å². The molecule has 1 aromatic carbocycles. The summed E-state index contributed by atoms with van der Waals surface area (Å²) >= 11 is 0. The minimum atomic E-state index is -0.799. The number of hydrazine groups is 1. The van der Waals surface area contributed by atoms with E-state index in [0.717, 1.165) is 5.75 Å². The molecule has 1 heterocycles. The van der Waals surface area contributed by atoms with E-state index in [9.17, 15) is 14.4 Å². The summed E-state index contributed by atoms with van der Waals surface area (Å²) in [7, 11) is 0. The van der Waals surface area contributed by atoms with Gasteiger partial charge in [0.1, 0.15) is 11.7 Å². The van der Waals surface area contributed by atoms with E-state index in [2.05, 4.69) is 16.2 Å². The van der Waals surface area contributed by atoms with Gasteiger partial charge in [-0.2, -0.15) is 0 Å². The highest BCUT2D eigenvalue weighted by Crippen LogP contribution is 2.18. The van der Waals surface area contributed by atoms with Crippen LogP contribution in [-0.2, 0) is 14.4 Å². The molecule has 22 heavy (non-hydrogen) atoms. The molecule has 1 aromatic rings. The smallest absolute Gasteiger partial charge is 0.251 e. The van der Waals surface area contributed by atoms with Crippen LogP contribution in [0.15, 0.2) is 24.3 Å². The van der Waals surface area contributed by atoms with Crippen molar-refractivity contribution in [2.24, 2.45) is 5.92 Å². The Bertz CT molecular complexity index is 553. The molecule has 7 nitrogen and oxygen atoms in total. The first-order valence-corrected chi connectivity index (χ1v) is 7.12. The summed E-state index contributed by atoms with van der Waals surface area (Å²) in [6, 6.07) is 7.02. The Morgan fingerprint density at radius 1 is 1.18 bits per heavy atom. The lowest BCUT2D eigenvalue weighted by molar-refractivity contribution is -0.128. The van der Waals surface area contributed by atoms with E-state index in [1.165, 1.54) is 0 Å². The second-order valence-corrected chi connectivity index (χ2v) is 5.31. The molecule has 2 rings (SSSR count). The molecule has 3 amide bonds. The summed E-state index contributed by atoms with van der Waals surface area (Å²) in [5, 5.41) is 2.72. The Morgan fingerprint density at radius 2 is 1.77 bits per heavy atom. The second-order valence-electron chi connectivity index (χ2n) is 5.31. The molecular formula is C15H19N3O4. The van der Waals surface area contributed by atoms with Crippen LogP contribution in [0.25, 0.3) is 0 Å². The number of carbonyl (C=O) groups excluding carboxylic acids is 3. The lowest BCUT2D eigenvalue weighted by atomic mass is 10.0. The largest absolute Gasteiger partial charge is 0.491 e. The van der Waals surface area contributed by atoms with Crippen LogP contribution in [0.5, 0.6) is 5.75 Å². The molecule has 0 aliphatic carbocycles. The molecule has 0 bridgehead atoms. The number of hydrogen-bond donors (Lipinski definition) is 3. The summed E-state index contributed by atoms with van der Waals surface area (Å²) in [6.45, 7) is 3.87. The molecule has 0 atom stereocenters. The normalized spacial score (nSPS) is 14.7. The van der Waals surface area contributed by atoms with E-state index in [4.69, 9.17) is 4.74 Å². The van der Waals surface area contributed by atoms with Gasteiger partial charge in [-0.1, -0.05) is 0 Å². The van der Waals surface area contributed by atoms with E-state index < -0.39 is 17.7 Å². The Labute approximate surface area is 128 Å². The highest BCUT2D eigenvalue weighted by molar-refractivity contribution is 6.05. The Balaban J connectivity index is 1.81. The van der Waals surface area contributed by atoms with Gasteiger partial charge in [-0.3, -0.25) is 25.2 Å². The molecule has 3 N–H and O–H groups in total. The Hall–Kier alpha value is -2.57. The number of rotatable bonds is 6. The van der Waals surface area contributed by atoms with Crippen molar-refractivity contribution in [3.05, 3.63) is 24.3 Å². The van der Waals surface area contributed by atoms with Gasteiger partial charge in [0.05, 0.1) is 6.10 Å². The van der Waals surface area contributed by atoms with Crippen LogP contribution < -0.4 is 20.9 Å². The van der Waals surface area contributed by atoms with E-state index in [0.29, 0.717) is 5.69 Å². The molecule has 1 saturated heterocycles. The van der Waals surface area contributed by atoms with Gasteiger partial charge < -0.3 is 10.1 Å². The van der Waals surface area contributed by atoms with Crippen molar-refractivity contribution < 1.29 is 19.1 Å². The van der Waals surface area contributed by atoms with Gasteiger partial charge in [0.2, 0.25) is 5.91 Å². The number of amides is 3. The number of benzene rings is 1. The third-order valence-electron chi connectivity index (χ3n) is 3.11. The maximum atomic E-state index is 11.8. The molecule has 0 unspecified atom stereocenters. The predicted octanol–water partition coefficient (Wildman–Crippen LogP) is 0.970. The maximum Gasteiger partial charge on any atom is 0.251 e. The topological polar surface area (TPSA) is 96.5 Å². The summed E-state index contributed by atoms with van der Waals surface area (Å²) in [4.78, 5) is 34.5. The minimum absolute atomic E-state index is 0.0872. The summed E-state index contributed by atoms with van der Waals surface area (Å²) < 4.78 is 5.51. The fourth-order valence-corrected chi connectivity index (χ4v) is 2.07. The van der Waals surface area contributed by atoms with Gasteiger partial charge in [-0.05, 0) is 44.5 Å². The number of nitrogens with one attached hydrogen (secondary N) is 3. The summed E-state index contributed by atoms with van der Waals surface area (Å²) in [5.41, 5.74) is 5.10. The van der Waals surface area contributed by atoms with Gasteiger partial charge in [0.25, 0.3) is 11.8 Å². The molecule has 1 aliphatic rings. The fraction of sp³-hybridized carbons (Fsp3) is 0.400. The molecule has 7 heteroatoms. The number of ether oxygens (including phenoxy) is 1. The molecule has 118 valence electrons. The first kappa shape index (κ1) is 15.8. The van der Waals surface area contributed by atoms with Crippen molar-refractivity contribution in [3.63, 3.8) is 0 Å². The van der Waals surface area contributed by atoms with Crippen molar-refractivity contribution >= 4 is 23.4 Å². The monoisotopic (exact) mass is 305 g/mol. The highest BCUT2D eigenvalue weighted by atomic mass is 16.5. The fourth-order valence-electron chi connectivity index (χ4n) is 2.07. The molecule has 0 aromatic heterocycles. The third kappa shape index (κ3) is 4.21. The van der Waals surface area contributed by atoms with Crippen molar-refractivity contribution in [2.45, 2.75) is 32.8 Å². The SMILES string of the molecule is CC(C)Oc1ccc(NC(=O)CCC2C(=O)NNC2=O)cc1. The van der Waals surface area contributed by atoms with Crippen molar-refractivity contribution in [3.8, 4) is 5.75 Å². The number of carbonyl (C=O) groups is 3. The Morgan fingerprint density at radius 3 is 2.32 bits per heavy atom. The molecular weight excluding hydrogens is 286 g/mol. The second kappa shape index (κ2) is 6.93. The molecule has 0 radical (unpaired) electrons. The van der Waals surface area contributed by atoms with Crippen LogP contribution in [0.3, 0.4) is 0 Å². The van der Waals surface area contributed by atoms with Crippen LogP contribution >= 0.6 is 0 Å². The number of anilines is 1. The summed E-state index contributed by atoms with van der Waals surface area (Å²) in [5.74, 6) is -1.11. The average Bonchev–Trinajstić information content (AvgIpc) is 2.77. The lowest BCUT2D eigenvalue weighted by Crippen LogP contribution is -2.28. The van der Waals surface area contributed by atoms with E-state index in [-0.39, 0.29) is 24.9 Å². The van der Waals surface area contributed by atoms with Gasteiger partial charge in [0, 0.05) is 12.1 Å². The molecule has 1 aliphatic heterocycles. The first-order chi connectivity index (χ1) is 10.5. The summed E-state index contributed by atoms with van der Waals surface area (Å²) in [6.07, 6.45) is 0.359. The molecule has 1 fully saturated rings. The predicted molar refractivity (Wildman–Crippen MR) is 79.8 cm³/mol. The zero-order chi connectivity index (χ0) is 16.1. The molecule has 0 spiro atoms. The zero-order valence-electron chi connectivity index (χ0n) is 12.5. The van der Waals surface area contributed by atoms with Crippen molar-refractivity contribution in [1.29, 1.82) is 0 Å². The molecule has 0 saturated carbocycles. The minimum Gasteiger partial charge on any atom is -0.491 e. The Kier molecular flexibility index (Phi) is 4.98. The standard InChI is InChI=1S/C15H19N3O4/c1-9(2)22-11-5-3-10(4-6-11)16-13(19)8-7-12-14(20)17-18-15(12)21/h3-6,9,12H,7-8H2,1-2H3,(H,16,19)(H,17,20)(H,18,21). The van der Waals surface area contributed by atoms with E-state index in [1.54, 1.807) is 24.3 Å². The lowest BCUT2D eigenvalue weighted by Gasteiger charge is -2.11. The van der Waals surface area contributed by atoms with Crippen LogP contribution in [-0.4, -0.2) is 23.8 Å².